The van der Waals surface area contributed by atoms with Crippen LogP contribution in [0.5, 0.6) is 0 Å². The summed E-state index contributed by atoms with van der Waals surface area (Å²) in [5.41, 5.74) is -1.09. The highest BCUT2D eigenvalue weighted by molar-refractivity contribution is 5.00. The number of hydrogen-bond donors (Lipinski definition) is 6. The Bertz CT molecular complexity index is 596. The quantitative estimate of drug-likeness (QED) is 0.245. The fourth-order valence-electron chi connectivity index (χ4n) is 4.39. The Balaban J connectivity index is 2.26. The molecule has 196 valence electrons. The number of hydrogen-bond acceptors (Lipinski definition) is 10. The molecule has 0 aromatic rings. The minimum absolute atomic E-state index is 0.460. The van der Waals surface area contributed by atoms with Gasteiger partial charge in [-0.25, -0.2) is 0 Å². The van der Waals surface area contributed by atoms with E-state index in [-0.39, 0.29) is 0 Å². The van der Waals surface area contributed by atoms with Gasteiger partial charge < -0.3 is 49.6 Å². The van der Waals surface area contributed by atoms with Gasteiger partial charge in [0.25, 0.3) is 0 Å². The first kappa shape index (κ1) is 28.8. The van der Waals surface area contributed by atoms with Crippen LogP contribution in [0.25, 0.3) is 0 Å². The maximum Gasteiger partial charge on any atom is 0.187 e. The fourth-order valence-corrected chi connectivity index (χ4v) is 4.39. The molecule has 2 aliphatic rings. The summed E-state index contributed by atoms with van der Waals surface area (Å²) in [5, 5.41) is 62.9. The average Bonchev–Trinajstić information content (AvgIpc) is 2.80. The summed E-state index contributed by atoms with van der Waals surface area (Å²) < 4.78 is 23.3. The van der Waals surface area contributed by atoms with Crippen molar-refractivity contribution in [2.75, 3.05) is 13.2 Å². The van der Waals surface area contributed by atoms with Crippen molar-refractivity contribution in [3.05, 3.63) is 0 Å². The van der Waals surface area contributed by atoms with Gasteiger partial charge in [-0.05, 0) is 38.5 Å². The molecule has 0 aromatic heterocycles. The van der Waals surface area contributed by atoms with E-state index in [1.54, 1.807) is 0 Å². The summed E-state index contributed by atoms with van der Waals surface area (Å²) in [6.45, 7) is 10.4. The summed E-state index contributed by atoms with van der Waals surface area (Å²) in [5.74, 6) is 0. The van der Waals surface area contributed by atoms with E-state index < -0.39 is 85.5 Å². The largest absolute Gasteiger partial charge is 0.394 e. The van der Waals surface area contributed by atoms with Crippen molar-refractivity contribution >= 4 is 0 Å². The Morgan fingerprint density at radius 2 is 1.27 bits per heavy atom. The van der Waals surface area contributed by atoms with Crippen molar-refractivity contribution in [2.45, 2.75) is 128 Å². The molecule has 0 bridgehead atoms. The molecule has 0 aliphatic carbocycles. The van der Waals surface area contributed by atoms with Gasteiger partial charge in [0, 0.05) is 0 Å². The van der Waals surface area contributed by atoms with Crippen LogP contribution in [0.3, 0.4) is 0 Å². The van der Waals surface area contributed by atoms with Gasteiger partial charge in [0.05, 0.1) is 24.9 Å². The molecule has 2 heterocycles. The van der Waals surface area contributed by atoms with Gasteiger partial charge in [0.2, 0.25) is 0 Å². The molecule has 2 aliphatic heterocycles. The van der Waals surface area contributed by atoms with Gasteiger partial charge in [-0.1, -0.05) is 27.7 Å². The van der Waals surface area contributed by atoms with Gasteiger partial charge >= 0.3 is 0 Å². The second-order valence-corrected chi connectivity index (χ2v) is 10.1. The van der Waals surface area contributed by atoms with Crippen LogP contribution in [0.2, 0.25) is 0 Å². The molecule has 0 amide bonds. The van der Waals surface area contributed by atoms with Crippen LogP contribution >= 0.6 is 0 Å². The molecule has 6 N–H and O–H groups in total. The van der Waals surface area contributed by atoms with Crippen LogP contribution in [0, 0.1) is 5.41 Å². The highest BCUT2D eigenvalue weighted by Gasteiger charge is 2.54. The summed E-state index contributed by atoms with van der Waals surface area (Å²) in [4.78, 5) is 0. The minimum atomic E-state index is -1.57. The van der Waals surface area contributed by atoms with E-state index in [4.69, 9.17) is 18.9 Å². The monoisotopic (exact) mass is 480 g/mol. The molecule has 33 heavy (non-hydrogen) atoms. The van der Waals surface area contributed by atoms with Crippen molar-refractivity contribution in [1.29, 1.82) is 0 Å². The van der Waals surface area contributed by atoms with Crippen molar-refractivity contribution in [3.63, 3.8) is 0 Å². The van der Waals surface area contributed by atoms with Crippen LogP contribution in [0.4, 0.5) is 0 Å². The lowest BCUT2D eigenvalue weighted by molar-refractivity contribution is -0.355. The molecule has 0 saturated carbocycles. The van der Waals surface area contributed by atoms with Crippen LogP contribution in [-0.4, -0.2) is 111 Å². The van der Waals surface area contributed by atoms with Crippen molar-refractivity contribution in [2.24, 2.45) is 5.41 Å². The standard InChI is InChI=1S/C23H44O10/c1-7-22(4,5)33-18-13(11-25)31-21(16(28)15(18)27)32-19-14(26)12(10-24)30-20(17(19)29)23(6,8-2)9-3/h12-21,24-29H,7-11H2,1-6H3/t12-,13?,14?,15?,16?,17?,18?,19?,20+,21?/m0/s1. The van der Waals surface area contributed by atoms with E-state index >= 15 is 0 Å². The molecular formula is C23H44O10. The molecule has 2 saturated heterocycles. The van der Waals surface area contributed by atoms with Gasteiger partial charge in [-0.15, -0.1) is 0 Å². The van der Waals surface area contributed by atoms with Gasteiger partial charge in [-0.2, -0.15) is 0 Å². The maximum atomic E-state index is 11.1. The molecule has 0 spiro atoms. The number of aliphatic hydroxyl groups is 6. The molecule has 2 fully saturated rings. The van der Waals surface area contributed by atoms with Crippen LogP contribution < -0.4 is 0 Å². The van der Waals surface area contributed by atoms with Gasteiger partial charge in [-0.3, -0.25) is 0 Å². The zero-order valence-corrected chi connectivity index (χ0v) is 20.6. The Morgan fingerprint density at radius 1 is 0.697 bits per heavy atom. The lowest BCUT2D eigenvalue weighted by atomic mass is 9.73. The number of rotatable bonds is 10. The minimum Gasteiger partial charge on any atom is -0.394 e. The Hall–Kier alpha value is -0.400. The van der Waals surface area contributed by atoms with E-state index in [1.165, 1.54) is 0 Å². The predicted molar refractivity (Wildman–Crippen MR) is 118 cm³/mol. The van der Waals surface area contributed by atoms with Crippen LogP contribution in [0.1, 0.15) is 60.8 Å². The average molecular weight is 481 g/mol. The second-order valence-electron chi connectivity index (χ2n) is 10.1. The topological polar surface area (TPSA) is 158 Å². The Labute approximate surface area is 196 Å². The fraction of sp³-hybridized carbons (Fsp3) is 1.00. The van der Waals surface area contributed by atoms with E-state index in [1.807, 2.05) is 41.5 Å². The van der Waals surface area contributed by atoms with Crippen LogP contribution in [-0.2, 0) is 18.9 Å². The SMILES string of the molecule is CCC(C)(C)OC1C(CO)OC(OC2C(O)[C@H](CO)O[C@@H](C(C)(CC)CC)C2O)C(O)C1O. The number of ether oxygens (including phenoxy) is 4. The molecule has 0 aromatic carbocycles. The van der Waals surface area contributed by atoms with E-state index in [0.29, 0.717) is 19.3 Å². The zero-order chi connectivity index (χ0) is 25.1. The van der Waals surface area contributed by atoms with Crippen molar-refractivity contribution in [3.8, 4) is 0 Å². The van der Waals surface area contributed by atoms with Gasteiger partial charge in [0.15, 0.2) is 6.29 Å². The zero-order valence-electron chi connectivity index (χ0n) is 20.6. The first-order valence-corrected chi connectivity index (χ1v) is 12.0. The molecule has 8 unspecified atom stereocenters. The normalized spacial score (nSPS) is 40.7. The Morgan fingerprint density at radius 3 is 1.76 bits per heavy atom. The molecule has 2 rings (SSSR count). The van der Waals surface area contributed by atoms with E-state index in [0.717, 1.165) is 0 Å². The van der Waals surface area contributed by atoms with Gasteiger partial charge in [0.1, 0.15) is 48.8 Å². The van der Waals surface area contributed by atoms with E-state index in [9.17, 15) is 30.6 Å². The number of aliphatic hydroxyl groups excluding tert-OH is 6. The summed E-state index contributed by atoms with van der Waals surface area (Å²) in [6.07, 6.45) is -10.2. The molecular weight excluding hydrogens is 436 g/mol. The first-order valence-electron chi connectivity index (χ1n) is 12.0. The smallest absolute Gasteiger partial charge is 0.187 e. The summed E-state index contributed by atoms with van der Waals surface area (Å²) in [6, 6.07) is 0. The lowest BCUT2D eigenvalue weighted by Gasteiger charge is -2.51. The molecule has 10 heteroatoms. The summed E-state index contributed by atoms with van der Waals surface area (Å²) in [7, 11) is 0. The third kappa shape index (κ3) is 6.06. The molecule has 10 nitrogen and oxygen atoms in total. The maximum absolute atomic E-state index is 11.1. The molecule has 0 radical (unpaired) electrons. The van der Waals surface area contributed by atoms with Crippen molar-refractivity contribution in [1.82, 2.24) is 0 Å². The van der Waals surface area contributed by atoms with E-state index in [2.05, 4.69) is 0 Å². The highest BCUT2D eigenvalue weighted by Crippen LogP contribution is 2.40. The lowest BCUT2D eigenvalue weighted by Crippen LogP contribution is -2.66. The summed E-state index contributed by atoms with van der Waals surface area (Å²) >= 11 is 0. The van der Waals surface area contributed by atoms with Crippen molar-refractivity contribution < 1.29 is 49.6 Å². The predicted octanol–water partition coefficient (Wildman–Crippen LogP) is -0.308. The first-order chi connectivity index (χ1) is 15.4. The third-order valence-electron chi connectivity index (χ3n) is 7.59. The highest BCUT2D eigenvalue weighted by atomic mass is 16.7. The third-order valence-corrected chi connectivity index (χ3v) is 7.59. The second kappa shape index (κ2) is 11.6. The van der Waals surface area contributed by atoms with Crippen LogP contribution in [0.15, 0.2) is 0 Å². The Kier molecular flexibility index (Phi) is 10.1. The molecule has 10 atom stereocenters.